The number of anilines is 1. The van der Waals surface area contributed by atoms with E-state index in [1.165, 1.54) is 0 Å². The van der Waals surface area contributed by atoms with Crippen LogP contribution in [0, 0.1) is 11.8 Å². The fourth-order valence-electron chi connectivity index (χ4n) is 3.27. The van der Waals surface area contributed by atoms with Crippen LogP contribution in [0.3, 0.4) is 0 Å². The van der Waals surface area contributed by atoms with E-state index in [1.807, 2.05) is 11.8 Å². The minimum atomic E-state index is -0.846. The number of carbonyl (C=O) groups is 1. The van der Waals surface area contributed by atoms with E-state index in [2.05, 4.69) is 27.1 Å². The summed E-state index contributed by atoms with van der Waals surface area (Å²) in [4.78, 5) is 22.9. The monoisotopic (exact) mass is 390 g/mol. The highest BCUT2D eigenvalue weighted by atomic mass is 35.5. The maximum absolute atomic E-state index is 12.2. The summed E-state index contributed by atoms with van der Waals surface area (Å²) < 4.78 is 0. The number of rotatable bonds is 7. The van der Waals surface area contributed by atoms with E-state index in [9.17, 15) is 9.90 Å². The van der Waals surface area contributed by atoms with Gasteiger partial charge in [-0.15, -0.1) is 11.8 Å². The fraction of sp³-hybridized carbons (Fsp3) is 0.650. The molecule has 27 heavy (non-hydrogen) atoms. The number of piperidine rings is 1. The van der Waals surface area contributed by atoms with E-state index >= 15 is 0 Å². The number of aromatic nitrogens is 2. The lowest BCUT2D eigenvalue weighted by Crippen LogP contribution is -2.49. The van der Waals surface area contributed by atoms with Crippen LogP contribution in [0.15, 0.2) is 6.07 Å². The van der Waals surface area contributed by atoms with Crippen LogP contribution < -0.4 is 5.32 Å². The van der Waals surface area contributed by atoms with Crippen molar-refractivity contribution < 1.29 is 9.90 Å². The number of unbranched alkanes of at least 4 members (excludes halogenated alkanes) is 1. The van der Waals surface area contributed by atoms with Gasteiger partial charge in [-0.2, -0.15) is 0 Å². The van der Waals surface area contributed by atoms with Crippen LogP contribution in [0.1, 0.15) is 63.6 Å². The molecule has 0 aromatic carbocycles. The van der Waals surface area contributed by atoms with E-state index in [0.29, 0.717) is 55.8 Å². The molecule has 1 aliphatic carbocycles. The first kappa shape index (κ1) is 19.9. The number of halogens is 1. The second-order valence-corrected chi connectivity index (χ2v) is 7.83. The molecule has 0 bridgehead atoms. The van der Waals surface area contributed by atoms with Gasteiger partial charge < -0.3 is 15.3 Å². The molecule has 0 atom stereocenters. The number of hydrogen-bond acceptors (Lipinski definition) is 5. The predicted octanol–water partition coefficient (Wildman–Crippen LogP) is 2.97. The lowest BCUT2D eigenvalue weighted by Gasteiger charge is -2.38. The van der Waals surface area contributed by atoms with Gasteiger partial charge in [0, 0.05) is 44.5 Å². The summed E-state index contributed by atoms with van der Waals surface area (Å²) in [6, 6.07) is 1.69. The zero-order chi connectivity index (χ0) is 19.3. The summed E-state index contributed by atoms with van der Waals surface area (Å²) >= 11 is 6.09. The van der Waals surface area contributed by atoms with Crippen molar-refractivity contribution in [1.82, 2.24) is 14.9 Å². The van der Waals surface area contributed by atoms with Crippen molar-refractivity contribution in [3.8, 4) is 11.8 Å². The van der Waals surface area contributed by atoms with Crippen molar-refractivity contribution in [2.24, 2.45) is 0 Å². The molecule has 6 nitrogen and oxygen atoms in total. The predicted molar refractivity (Wildman–Crippen MR) is 106 cm³/mol. The van der Waals surface area contributed by atoms with Crippen molar-refractivity contribution in [3.63, 3.8) is 0 Å². The molecule has 1 amide bonds. The van der Waals surface area contributed by atoms with Gasteiger partial charge in [0.05, 0.1) is 5.60 Å². The molecule has 0 radical (unpaired) electrons. The van der Waals surface area contributed by atoms with Crippen LogP contribution in [0.25, 0.3) is 0 Å². The van der Waals surface area contributed by atoms with E-state index < -0.39 is 5.60 Å². The van der Waals surface area contributed by atoms with E-state index in [4.69, 9.17) is 11.6 Å². The van der Waals surface area contributed by atoms with Gasteiger partial charge in [-0.3, -0.25) is 4.79 Å². The Morgan fingerprint density at radius 1 is 1.41 bits per heavy atom. The molecule has 0 spiro atoms. The largest absolute Gasteiger partial charge is 0.388 e. The molecule has 1 aliphatic heterocycles. The Labute approximate surface area is 165 Å². The minimum Gasteiger partial charge on any atom is -0.388 e. The third-order valence-electron chi connectivity index (χ3n) is 5.17. The number of amides is 1. The molecule has 3 rings (SSSR count). The van der Waals surface area contributed by atoms with Crippen molar-refractivity contribution in [3.05, 3.63) is 17.0 Å². The van der Waals surface area contributed by atoms with Gasteiger partial charge in [-0.1, -0.05) is 11.6 Å². The standard InChI is InChI=1S/C20H27ClN4O2/c1-2-3-4-5-6-18(26)25-11-9-20(27,10-12-25)14-22-17-13-16(21)23-19(24-17)15-7-8-15/h13,15,27H,4-12,14H2,1H3,(H,22,23,24). The molecule has 7 heteroatoms. The highest BCUT2D eigenvalue weighted by Crippen LogP contribution is 2.38. The van der Waals surface area contributed by atoms with Gasteiger partial charge in [0.1, 0.15) is 16.8 Å². The Hall–Kier alpha value is -1.84. The molecule has 2 heterocycles. The zero-order valence-corrected chi connectivity index (χ0v) is 16.6. The summed E-state index contributed by atoms with van der Waals surface area (Å²) in [5, 5.41) is 14.5. The van der Waals surface area contributed by atoms with Crippen LogP contribution in [0.5, 0.6) is 0 Å². The normalized spacial score (nSPS) is 18.6. The van der Waals surface area contributed by atoms with Crippen molar-refractivity contribution >= 4 is 23.3 Å². The Kier molecular flexibility index (Phi) is 6.56. The first-order chi connectivity index (χ1) is 13.0. The Bertz CT molecular complexity index is 731. The quantitative estimate of drug-likeness (QED) is 0.425. The Morgan fingerprint density at radius 3 is 2.81 bits per heavy atom. The average molecular weight is 391 g/mol. The molecule has 146 valence electrons. The van der Waals surface area contributed by atoms with Crippen LogP contribution in [0.4, 0.5) is 5.82 Å². The van der Waals surface area contributed by atoms with E-state index in [-0.39, 0.29) is 5.91 Å². The fourth-order valence-corrected chi connectivity index (χ4v) is 3.46. The summed E-state index contributed by atoms with van der Waals surface area (Å²) in [5.74, 6) is 7.83. The highest BCUT2D eigenvalue weighted by Gasteiger charge is 2.34. The van der Waals surface area contributed by atoms with Gasteiger partial charge in [-0.25, -0.2) is 9.97 Å². The van der Waals surface area contributed by atoms with E-state index in [0.717, 1.165) is 31.5 Å². The first-order valence-corrected chi connectivity index (χ1v) is 10.0. The lowest BCUT2D eigenvalue weighted by atomic mass is 9.91. The molecule has 2 N–H and O–H groups in total. The minimum absolute atomic E-state index is 0.152. The van der Waals surface area contributed by atoms with Crippen LogP contribution >= 0.6 is 11.6 Å². The SMILES string of the molecule is CC#CCCCC(=O)N1CCC(O)(CNc2cc(Cl)nc(C3CC3)n2)CC1. The first-order valence-electron chi connectivity index (χ1n) is 9.67. The highest BCUT2D eigenvalue weighted by molar-refractivity contribution is 6.29. The summed E-state index contributed by atoms with van der Waals surface area (Å²) in [6.07, 6.45) is 5.39. The molecule has 1 aromatic rings. The maximum atomic E-state index is 12.2. The number of nitrogens with zero attached hydrogens (tertiary/aromatic N) is 3. The smallest absolute Gasteiger partial charge is 0.222 e. The maximum Gasteiger partial charge on any atom is 0.222 e. The topological polar surface area (TPSA) is 78.4 Å². The molecule has 1 saturated carbocycles. The second-order valence-electron chi connectivity index (χ2n) is 7.45. The van der Waals surface area contributed by atoms with Gasteiger partial charge >= 0.3 is 0 Å². The van der Waals surface area contributed by atoms with Crippen molar-refractivity contribution in [1.29, 1.82) is 0 Å². The number of likely N-dealkylation sites (tertiary alicyclic amines) is 1. The van der Waals surface area contributed by atoms with Crippen molar-refractivity contribution in [2.45, 2.75) is 63.4 Å². The van der Waals surface area contributed by atoms with Crippen LogP contribution in [0.2, 0.25) is 5.15 Å². The molecular weight excluding hydrogens is 364 g/mol. The number of aliphatic hydroxyl groups is 1. The number of carbonyl (C=O) groups excluding carboxylic acids is 1. The third kappa shape index (κ3) is 5.82. The third-order valence-corrected chi connectivity index (χ3v) is 5.36. The second kappa shape index (κ2) is 8.90. The lowest BCUT2D eigenvalue weighted by molar-refractivity contribution is -0.135. The Balaban J connectivity index is 1.46. The van der Waals surface area contributed by atoms with Crippen LogP contribution in [-0.2, 0) is 4.79 Å². The van der Waals surface area contributed by atoms with Gasteiger partial charge in [0.25, 0.3) is 0 Å². The van der Waals surface area contributed by atoms with Gasteiger partial charge in [0.15, 0.2) is 0 Å². The van der Waals surface area contributed by atoms with E-state index in [1.54, 1.807) is 6.07 Å². The van der Waals surface area contributed by atoms with Gasteiger partial charge in [-0.05, 0) is 39.0 Å². The summed E-state index contributed by atoms with van der Waals surface area (Å²) in [6.45, 7) is 3.35. The molecule has 0 unspecified atom stereocenters. The number of nitrogens with one attached hydrogen (secondary N) is 1. The molecule has 1 saturated heterocycles. The van der Waals surface area contributed by atoms with Gasteiger partial charge in [0.2, 0.25) is 5.91 Å². The average Bonchev–Trinajstić information content (AvgIpc) is 3.49. The molecular formula is C20H27ClN4O2. The summed E-state index contributed by atoms with van der Waals surface area (Å²) in [5.41, 5.74) is -0.846. The van der Waals surface area contributed by atoms with Crippen LogP contribution in [-0.4, -0.2) is 51.1 Å². The molecule has 2 aliphatic rings. The molecule has 2 fully saturated rings. The van der Waals surface area contributed by atoms with Crippen molar-refractivity contribution in [2.75, 3.05) is 25.0 Å². The zero-order valence-electron chi connectivity index (χ0n) is 15.8. The summed E-state index contributed by atoms with van der Waals surface area (Å²) in [7, 11) is 0. The number of hydrogen-bond donors (Lipinski definition) is 2. The Morgan fingerprint density at radius 2 is 2.15 bits per heavy atom. The molecule has 1 aromatic heterocycles.